The van der Waals surface area contributed by atoms with Crippen LogP contribution in [-0.2, 0) is 6.42 Å². The summed E-state index contributed by atoms with van der Waals surface area (Å²) in [4.78, 5) is 4.42. The Morgan fingerprint density at radius 3 is 2.43 bits per heavy atom. The van der Waals surface area contributed by atoms with Gasteiger partial charge in [0.05, 0.1) is 18.8 Å². The van der Waals surface area contributed by atoms with E-state index >= 15 is 0 Å². The molecule has 1 aromatic rings. The fraction of sp³-hybridized carbons (Fsp3) is 0.706. The highest BCUT2D eigenvalue weighted by Crippen LogP contribution is 2.32. The first-order valence-electron chi connectivity index (χ1n) is 7.87. The van der Waals surface area contributed by atoms with Crippen LogP contribution in [0.5, 0.6) is 5.75 Å². The number of hydrogen-bond acceptors (Lipinski definition) is 4. The third-order valence-corrected chi connectivity index (χ3v) is 4.73. The molecule has 1 aromatic heterocycles. The molecule has 1 aliphatic rings. The maximum atomic E-state index is 10.7. The molecule has 1 atom stereocenters. The lowest BCUT2D eigenvalue weighted by Gasteiger charge is -2.32. The molecule has 1 saturated carbocycles. The number of aromatic nitrogens is 1. The monoisotopic (exact) mass is 293 g/mol. The van der Waals surface area contributed by atoms with E-state index in [0.717, 1.165) is 48.3 Å². The Morgan fingerprint density at radius 1 is 1.24 bits per heavy atom. The van der Waals surface area contributed by atoms with Gasteiger partial charge in [-0.25, -0.2) is 0 Å². The van der Waals surface area contributed by atoms with Gasteiger partial charge in [0.1, 0.15) is 5.75 Å². The van der Waals surface area contributed by atoms with E-state index in [9.17, 15) is 10.2 Å². The topological polar surface area (TPSA) is 62.6 Å². The summed E-state index contributed by atoms with van der Waals surface area (Å²) in [6.45, 7) is 3.91. The minimum atomic E-state index is -0.970. The molecule has 4 heteroatoms. The van der Waals surface area contributed by atoms with Crippen molar-refractivity contribution in [1.82, 2.24) is 4.98 Å². The van der Waals surface area contributed by atoms with Gasteiger partial charge in [-0.05, 0) is 26.7 Å². The quantitative estimate of drug-likeness (QED) is 0.838. The Kier molecular flexibility index (Phi) is 5.22. The molecule has 2 N–H and O–H groups in total. The fourth-order valence-corrected chi connectivity index (χ4v) is 3.32. The summed E-state index contributed by atoms with van der Waals surface area (Å²) < 4.78 is 5.40. The zero-order valence-electron chi connectivity index (χ0n) is 13.4. The first kappa shape index (κ1) is 16.2. The molecule has 0 radical (unpaired) electrons. The van der Waals surface area contributed by atoms with Gasteiger partial charge in [0, 0.05) is 29.4 Å². The molecule has 0 aromatic carbocycles. The van der Waals surface area contributed by atoms with Crippen LogP contribution in [0.1, 0.15) is 55.3 Å². The average molecular weight is 293 g/mol. The Hall–Kier alpha value is -1.13. The maximum Gasteiger partial charge on any atom is 0.128 e. The van der Waals surface area contributed by atoms with Crippen LogP contribution in [0, 0.1) is 13.8 Å². The average Bonchev–Trinajstić information content (AvgIpc) is 2.68. The molecule has 0 spiro atoms. The second-order valence-corrected chi connectivity index (χ2v) is 6.28. The van der Waals surface area contributed by atoms with Gasteiger partial charge < -0.3 is 14.9 Å². The number of hydrogen-bond donors (Lipinski definition) is 2. The molecular formula is C17H27NO3. The minimum Gasteiger partial charge on any atom is -0.496 e. The number of pyridine rings is 1. The maximum absolute atomic E-state index is 10.7. The normalized spacial score (nSPS) is 19.9. The molecule has 1 fully saturated rings. The minimum absolute atomic E-state index is 0.374. The third kappa shape index (κ3) is 3.55. The molecule has 1 heterocycles. The van der Waals surface area contributed by atoms with Crippen LogP contribution < -0.4 is 4.74 Å². The van der Waals surface area contributed by atoms with Crippen molar-refractivity contribution in [1.29, 1.82) is 0 Å². The van der Waals surface area contributed by atoms with Gasteiger partial charge >= 0.3 is 0 Å². The van der Waals surface area contributed by atoms with E-state index in [4.69, 9.17) is 4.74 Å². The number of aliphatic hydroxyl groups is 2. The van der Waals surface area contributed by atoms with Crippen LogP contribution >= 0.6 is 0 Å². The summed E-state index contributed by atoms with van der Waals surface area (Å²) in [7, 11) is 1.65. The van der Waals surface area contributed by atoms with E-state index in [1.165, 1.54) is 0 Å². The molecule has 4 nitrogen and oxygen atoms in total. The summed E-state index contributed by atoms with van der Waals surface area (Å²) in [6.07, 6.45) is 6.98. The predicted octanol–water partition coefficient (Wildman–Crippen LogP) is 2.70. The highest BCUT2D eigenvalue weighted by atomic mass is 16.5. The van der Waals surface area contributed by atoms with Crippen molar-refractivity contribution >= 4 is 0 Å². The van der Waals surface area contributed by atoms with Crippen molar-refractivity contribution in [2.75, 3.05) is 7.11 Å². The van der Waals surface area contributed by atoms with Crippen LogP contribution in [0.25, 0.3) is 0 Å². The Bertz CT molecular complexity index is 479. The molecule has 0 bridgehead atoms. The van der Waals surface area contributed by atoms with Gasteiger partial charge in [-0.3, -0.25) is 4.98 Å². The van der Waals surface area contributed by atoms with Crippen molar-refractivity contribution in [3.8, 4) is 5.75 Å². The molecule has 0 amide bonds. The lowest BCUT2D eigenvalue weighted by atomic mass is 9.85. The molecule has 1 aliphatic carbocycles. The molecule has 0 saturated heterocycles. The summed E-state index contributed by atoms with van der Waals surface area (Å²) in [5.74, 6) is 0.819. The van der Waals surface area contributed by atoms with Gasteiger partial charge in [-0.15, -0.1) is 0 Å². The van der Waals surface area contributed by atoms with Crippen molar-refractivity contribution in [2.45, 2.75) is 70.5 Å². The van der Waals surface area contributed by atoms with Crippen molar-refractivity contribution < 1.29 is 14.9 Å². The molecule has 2 rings (SSSR count). The van der Waals surface area contributed by atoms with Crippen molar-refractivity contribution in [3.63, 3.8) is 0 Å². The van der Waals surface area contributed by atoms with Gasteiger partial charge in [-0.1, -0.05) is 25.7 Å². The fourth-order valence-electron chi connectivity index (χ4n) is 3.32. The Morgan fingerprint density at radius 2 is 1.86 bits per heavy atom. The third-order valence-electron chi connectivity index (χ3n) is 4.73. The Balaban J connectivity index is 2.17. The van der Waals surface area contributed by atoms with E-state index in [2.05, 4.69) is 4.98 Å². The van der Waals surface area contributed by atoms with Crippen LogP contribution in [-0.4, -0.2) is 34.0 Å². The molecular weight excluding hydrogens is 266 g/mol. The number of rotatable bonds is 4. The van der Waals surface area contributed by atoms with E-state index in [1.807, 2.05) is 13.8 Å². The molecule has 21 heavy (non-hydrogen) atoms. The first-order chi connectivity index (χ1) is 9.98. The lowest BCUT2D eigenvalue weighted by Crippen LogP contribution is -2.43. The summed E-state index contributed by atoms with van der Waals surface area (Å²) in [5.41, 5.74) is 1.78. The van der Waals surface area contributed by atoms with E-state index < -0.39 is 11.7 Å². The SMILES string of the molecule is COc1c(C)cnc(CC(O)C2(O)CCCCCC2)c1C. The molecule has 118 valence electrons. The number of methoxy groups -OCH3 is 1. The second-order valence-electron chi connectivity index (χ2n) is 6.28. The van der Waals surface area contributed by atoms with Crippen LogP contribution in [0.3, 0.4) is 0 Å². The number of aliphatic hydroxyl groups excluding tert-OH is 1. The van der Waals surface area contributed by atoms with Crippen molar-refractivity contribution in [2.24, 2.45) is 0 Å². The lowest BCUT2D eigenvalue weighted by molar-refractivity contribution is -0.0840. The highest BCUT2D eigenvalue weighted by Gasteiger charge is 2.36. The predicted molar refractivity (Wildman–Crippen MR) is 82.6 cm³/mol. The van der Waals surface area contributed by atoms with Gasteiger partial charge in [0.25, 0.3) is 0 Å². The Labute approximate surface area is 127 Å². The summed E-state index contributed by atoms with van der Waals surface area (Å²) >= 11 is 0. The summed E-state index contributed by atoms with van der Waals surface area (Å²) in [6, 6.07) is 0. The van der Waals surface area contributed by atoms with E-state index in [1.54, 1.807) is 13.3 Å². The highest BCUT2D eigenvalue weighted by molar-refractivity contribution is 5.41. The zero-order valence-corrected chi connectivity index (χ0v) is 13.4. The smallest absolute Gasteiger partial charge is 0.128 e. The number of ether oxygens (including phenoxy) is 1. The van der Waals surface area contributed by atoms with Crippen molar-refractivity contribution in [3.05, 3.63) is 23.0 Å². The van der Waals surface area contributed by atoms with Gasteiger partial charge in [0.2, 0.25) is 0 Å². The van der Waals surface area contributed by atoms with Crippen LogP contribution in [0.2, 0.25) is 0 Å². The largest absolute Gasteiger partial charge is 0.496 e. The van der Waals surface area contributed by atoms with Gasteiger partial charge in [-0.2, -0.15) is 0 Å². The van der Waals surface area contributed by atoms with E-state index in [-0.39, 0.29) is 0 Å². The zero-order chi connectivity index (χ0) is 15.5. The summed E-state index contributed by atoms with van der Waals surface area (Å²) in [5, 5.41) is 21.3. The first-order valence-corrected chi connectivity index (χ1v) is 7.87. The second kappa shape index (κ2) is 6.75. The number of nitrogens with zero attached hydrogens (tertiary/aromatic N) is 1. The van der Waals surface area contributed by atoms with E-state index in [0.29, 0.717) is 19.3 Å². The van der Waals surface area contributed by atoms with Crippen LogP contribution in [0.15, 0.2) is 6.20 Å². The van der Waals surface area contributed by atoms with Crippen LogP contribution in [0.4, 0.5) is 0 Å². The van der Waals surface area contributed by atoms with Gasteiger partial charge in [0.15, 0.2) is 0 Å². The number of aryl methyl sites for hydroxylation is 1. The standard InChI is InChI=1S/C17H27NO3/c1-12-11-18-14(13(2)16(12)21-3)10-15(19)17(20)8-6-4-5-7-9-17/h11,15,19-20H,4-10H2,1-3H3. The molecule has 0 aliphatic heterocycles. The molecule has 1 unspecified atom stereocenters.